The minimum atomic E-state index is -1.85. The van der Waals surface area contributed by atoms with Crippen molar-refractivity contribution in [2.45, 2.75) is 75.6 Å². The summed E-state index contributed by atoms with van der Waals surface area (Å²) in [5, 5.41) is 1.01. The molecule has 0 amide bonds. The van der Waals surface area contributed by atoms with Gasteiger partial charge in [-0.05, 0) is 41.6 Å². The van der Waals surface area contributed by atoms with Crippen molar-refractivity contribution in [1.29, 1.82) is 0 Å². The summed E-state index contributed by atoms with van der Waals surface area (Å²) in [6.07, 6.45) is 12.0. The number of fused-ring (bicyclic) bond motifs is 3. The van der Waals surface area contributed by atoms with E-state index in [0.29, 0.717) is 5.92 Å². The standard InChI is InChI=1S/C29H25N2O.C17H22GeN.Ir/c1-3-8-20(9-4-1)18-21-16-17-30-26(19-21)23-12-7-13-24-28-27(32-29(23)24)15-14-25(31-28)22-10-5-2-6-11-22;1-13(2)15-11-17(14-9-7-6-8-10-14)19-12-16(15)18(3,4)5;/h2,5-7,10-11,13-17,19-20H,1,3-4,8-9,18H2;6-9,11-13H,1-5H3;/q2*-1;. The van der Waals surface area contributed by atoms with Crippen molar-refractivity contribution in [3.05, 3.63) is 133 Å². The van der Waals surface area contributed by atoms with Gasteiger partial charge in [0.25, 0.3) is 0 Å². The molecule has 0 saturated heterocycles. The van der Waals surface area contributed by atoms with Gasteiger partial charge in [-0.15, -0.1) is 18.2 Å². The van der Waals surface area contributed by atoms with E-state index in [1.165, 1.54) is 47.6 Å². The molecular weight excluding hydrogens is 875 g/mol. The van der Waals surface area contributed by atoms with Crippen molar-refractivity contribution < 1.29 is 24.5 Å². The monoisotopic (exact) mass is 924 g/mol. The first-order valence-electron chi connectivity index (χ1n) is 18.5. The fraction of sp³-hybridized carbons (Fsp3) is 0.283. The predicted octanol–water partition coefficient (Wildman–Crippen LogP) is 11.8. The molecule has 0 aliphatic heterocycles. The Balaban J connectivity index is 0.000000200. The smallest absolute Gasteiger partial charge is 0.139 e. The first-order valence-corrected chi connectivity index (χ1v) is 25.8. The number of hydrogen-bond donors (Lipinski definition) is 0. The zero-order chi connectivity index (χ0) is 35.4. The maximum atomic E-state index is 6.28. The van der Waals surface area contributed by atoms with Crippen LogP contribution in [0.2, 0.25) is 17.3 Å². The number of hydrogen-bond acceptors (Lipinski definition) is 4. The Morgan fingerprint density at radius 1 is 0.788 bits per heavy atom. The predicted molar refractivity (Wildman–Crippen MR) is 215 cm³/mol. The van der Waals surface area contributed by atoms with Crippen molar-refractivity contribution >= 4 is 39.7 Å². The largest absolute Gasteiger partial charge is 0.499 e. The second-order valence-electron chi connectivity index (χ2n) is 15.2. The van der Waals surface area contributed by atoms with Crippen molar-refractivity contribution in [1.82, 2.24) is 15.0 Å². The maximum Gasteiger partial charge on any atom is 0.139 e. The molecule has 1 fully saturated rings. The number of aromatic nitrogens is 3. The van der Waals surface area contributed by atoms with Crippen LogP contribution in [0.25, 0.3) is 55.8 Å². The average molecular weight is 923 g/mol. The topological polar surface area (TPSA) is 51.8 Å². The minimum absolute atomic E-state index is 0. The molecule has 7 aromatic rings. The van der Waals surface area contributed by atoms with Crippen LogP contribution in [0.1, 0.15) is 63.0 Å². The number of benzene rings is 3. The quantitative estimate of drug-likeness (QED) is 0.118. The van der Waals surface area contributed by atoms with E-state index in [0.717, 1.165) is 68.2 Å². The van der Waals surface area contributed by atoms with E-state index in [1.807, 2.05) is 66.9 Å². The van der Waals surface area contributed by atoms with Crippen LogP contribution < -0.4 is 4.40 Å². The van der Waals surface area contributed by atoms with Crippen molar-refractivity contribution in [2.75, 3.05) is 0 Å². The van der Waals surface area contributed by atoms with Crippen molar-refractivity contribution in [3.8, 4) is 33.8 Å². The molecule has 6 heteroatoms. The van der Waals surface area contributed by atoms with Crippen LogP contribution in [0.4, 0.5) is 0 Å². The van der Waals surface area contributed by atoms with Gasteiger partial charge in [0.2, 0.25) is 0 Å². The Bertz CT molecular complexity index is 2240. The number of nitrogens with zero attached hydrogens (tertiary/aromatic N) is 3. The van der Waals surface area contributed by atoms with Crippen molar-refractivity contribution in [3.63, 3.8) is 0 Å². The van der Waals surface area contributed by atoms with Gasteiger partial charge < -0.3 is 9.40 Å². The van der Waals surface area contributed by atoms with Gasteiger partial charge >= 0.3 is 119 Å². The summed E-state index contributed by atoms with van der Waals surface area (Å²) in [6, 6.07) is 39.6. The van der Waals surface area contributed by atoms with Gasteiger partial charge in [0.05, 0.1) is 16.8 Å². The van der Waals surface area contributed by atoms with Crippen LogP contribution in [0.5, 0.6) is 0 Å². The Hall–Kier alpha value is -3.90. The second kappa shape index (κ2) is 16.8. The fourth-order valence-electron chi connectivity index (χ4n) is 7.31. The fourth-order valence-corrected chi connectivity index (χ4v) is 10.8. The van der Waals surface area contributed by atoms with Gasteiger partial charge in [-0.1, -0.05) is 79.6 Å². The van der Waals surface area contributed by atoms with Crippen LogP contribution >= 0.6 is 0 Å². The van der Waals surface area contributed by atoms with Crippen molar-refractivity contribution in [2.24, 2.45) is 5.92 Å². The Morgan fingerprint density at radius 2 is 1.58 bits per heavy atom. The van der Waals surface area contributed by atoms with E-state index in [-0.39, 0.29) is 20.1 Å². The Labute approximate surface area is 325 Å². The SMILES string of the molecule is CC(C)c1cc(-c2[c-]cccc2)nc[c]1[Ge]([CH3])([CH3])[CH3].[Ir].[c-]1ccc2c(oc3ccc(-c4ccccc4)nc32)c1-c1cc(CC2CCCCC2)ccn1. The molecule has 0 bridgehead atoms. The summed E-state index contributed by atoms with van der Waals surface area (Å²) in [7, 11) is 0. The van der Waals surface area contributed by atoms with E-state index in [4.69, 9.17) is 9.40 Å². The van der Waals surface area contributed by atoms with E-state index in [1.54, 1.807) is 0 Å². The molecule has 4 heterocycles. The van der Waals surface area contributed by atoms with E-state index in [2.05, 4.69) is 95.8 Å². The summed E-state index contributed by atoms with van der Waals surface area (Å²) in [4.78, 5) is 14.3. The molecule has 52 heavy (non-hydrogen) atoms. The van der Waals surface area contributed by atoms with Crippen LogP contribution in [0, 0.1) is 18.1 Å². The van der Waals surface area contributed by atoms with Gasteiger partial charge in [0.1, 0.15) is 5.58 Å². The molecule has 8 rings (SSSR count). The summed E-state index contributed by atoms with van der Waals surface area (Å²) in [6.45, 7) is 4.54. The zero-order valence-electron chi connectivity index (χ0n) is 30.9. The number of pyridine rings is 3. The van der Waals surface area contributed by atoms with Gasteiger partial charge in [-0.3, -0.25) is 0 Å². The summed E-state index contributed by atoms with van der Waals surface area (Å²) in [5.41, 5.74) is 11.3. The molecular formula is C46H47GeIrN3O-2. The molecule has 4 aromatic heterocycles. The molecule has 0 N–H and O–H groups in total. The average Bonchev–Trinajstić information content (AvgIpc) is 3.54. The first-order chi connectivity index (χ1) is 24.7. The number of rotatable bonds is 7. The third-order valence-electron chi connectivity index (χ3n) is 10.0. The second-order valence-corrected chi connectivity index (χ2v) is 25.8. The molecule has 3 aromatic carbocycles. The summed E-state index contributed by atoms with van der Waals surface area (Å²) < 4.78 is 7.81. The van der Waals surface area contributed by atoms with E-state index >= 15 is 0 Å². The molecule has 4 nitrogen and oxygen atoms in total. The molecule has 1 radical (unpaired) electrons. The third-order valence-corrected chi connectivity index (χ3v) is 14.3. The Morgan fingerprint density at radius 3 is 2.31 bits per heavy atom. The number of furan rings is 1. The molecule has 1 aliphatic carbocycles. The van der Waals surface area contributed by atoms with Gasteiger partial charge in [-0.2, -0.15) is 0 Å². The normalized spacial score (nSPS) is 13.5. The van der Waals surface area contributed by atoms with Gasteiger partial charge in [-0.25, -0.2) is 4.98 Å². The van der Waals surface area contributed by atoms with Gasteiger partial charge in [0, 0.05) is 31.9 Å². The summed E-state index contributed by atoms with van der Waals surface area (Å²) in [5.74, 6) is 8.63. The van der Waals surface area contributed by atoms with Crippen LogP contribution in [0.15, 0.2) is 114 Å². The molecule has 267 valence electrons. The molecule has 1 aliphatic rings. The third kappa shape index (κ3) is 8.65. The minimum Gasteiger partial charge on any atom is -0.499 e. The first kappa shape index (κ1) is 37.8. The molecule has 0 unspecified atom stereocenters. The van der Waals surface area contributed by atoms with Crippen LogP contribution in [0.3, 0.4) is 0 Å². The molecule has 0 atom stereocenters. The maximum absolute atomic E-state index is 6.28. The van der Waals surface area contributed by atoms with E-state index in [9.17, 15) is 0 Å². The molecule has 0 spiro atoms. The summed E-state index contributed by atoms with van der Waals surface area (Å²) >= 11 is -1.85. The zero-order valence-corrected chi connectivity index (χ0v) is 35.4. The van der Waals surface area contributed by atoms with Gasteiger partial charge in [0.15, 0.2) is 0 Å². The molecule has 1 saturated carbocycles. The van der Waals surface area contributed by atoms with Crippen LogP contribution in [-0.4, -0.2) is 28.2 Å². The van der Waals surface area contributed by atoms with Crippen LogP contribution in [-0.2, 0) is 26.5 Å². The Kier molecular flexibility index (Phi) is 12.3. The van der Waals surface area contributed by atoms with E-state index < -0.39 is 13.3 Å².